The van der Waals surface area contributed by atoms with Crippen LogP contribution in [0.15, 0.2) is 48.5 Å². The van der Waals surface area contributed by atoms with Crippen LogP contribution in [-0.2, 0) is 16.0 Å². The number of aryl methyl sites for hydroxylation is 2. The molecule has 1 atom stereocenters. The van der Waals surface area contributed by atoms with Crippen LogP contribution in [0.4, 0.5) is 5.69 Å². The first-order valence-corrected chi connectivity index (χ1v) is 8.76. The van der Waals surface area contributed by atoms with E-state index in [-0.39, 0.29) is 6.54 Å². The number of aliphatic hydroxyl groups is 1. The summed E-state index contributed by atoms with van der Waals surface area (Å²) in [5, 5.41) is 15.9. The van der Waals surface area contributed by atoms with Crippen molar-refractivity contribution >= 4 is 29.1 Å². The minimum absolute atomic E-state index is 0.0132. The van der Waals surface area contributed by atoms with Crippen molar-refractivity contribution in [1.82, 2.24) is 5.32 Å². The van der Waals surface area contributed by atoms with E-state index in [0.29, 0.717) is 23.6 Å². The van der Waals surface area contributed by atoms with Gasteiger partial charge in [0.1, 0.15) is 0 Å². The Morgan fingerprint density at radius 2 is 1.81 bits per heavy atom. The van der Waals surface area contributed by atoms with Crippen molar-refractivity contribution in [2.45, 2.75) is 32.3 Å². The molecule has 26 heavy (non-hydrogen) atoms. The maximum atomic E-state index is 12.0. The summed E-state index contributed by atoms with van der Waals surface area (Å²) < 4.78 is 0. The van der Waals surface area contributed by atoms with Gasteiger partial charge in [0.15, 0.2) is 0 Å². The van der Waals surface area contributed by atoms with Crippen LogP contribution in [0.5, 0.6) is 0 Å². The molecule has 0 spiro atoms. The number of benzene rings is 2. The van der Waals surface area contributed by atoms with Crippen LogP contribution in [0.3, 0.4) is 0 Å². The van der Waals surface area contributed by atoms with Crippen molar-refractivity contribution in [3.63, 3.8) is 0 Å². The van der Waals surface area contributed by atoms with Crippen molar-refractivity contribution in [1.29, 1.82) is 0 Å². The van der Waals surface area contributed by atoms with Crippen molar-refractivity contribution in [3.05, 3.63) is 64.7 Å². The van der Waals surface area contributed by atoms with E-state index in [0.717, 1.165) is 11.1 Å². The second kappa shape index (κ2) is 8.83. The van der Waals surface area contributed by atoms with Crippen molar-refractivity contribution in [3.8, 4) is 0 Å². The van der Waals surface area contributed by atoms with Crippen LogP contribution in [0, 0.1) is 6.92 Å². The molecule has 0 aliphatic rings. The van der Waals surface area contributed by atoms with Crippen LogP contribution in [0.1, 0.15) is 24.5 Å². The van der Waals surface area contributed by atoms with Gasteiger partial charge in [-0.1, -0.05) is 48.0 Å². The quantitative estimate of drug-likeness (QED) is 0.680. The smallest absolute Gasteiger partial charge is 0.313 e. The van der Waals surface area contributed by atoms with E-state index < -0.39 is 17.4 Å². The summed E-state index contributed by atoms with van der Waals surface area (Å²) in [7, 11) is 0. The maximum Gasteiger partial charge on any atom is 0.313 e. The summed E-state index contributed by atoms with van der Waals surface area (Å²) in [6.07, 6.45) is 1.14. The van der Waals surface area contributed by atoms with Gasteiger partial charge in [0.25, 0.3) is 0 Å². The SMILES string of the molecule is Cc1ccc(NC(=O)C(=O)NCC(C)(O)CCc2ccccc2)cc1Cl. The molecule has 0 radical (unpaired) electrons. The fourth-order valence-electron chi connectivity index (χ4n) is 2.36. The Labute approximate surface area is 158 Å². The third-order valence-electron chi connectivity index (χ3n) is 4.06. The lowest BCUT2D eigenvalue weighted by molar-refractivity contribution is -0.136. The molecule has 5 nitrogen and oxygen atoms in total. The Bertz CT molecular complexity index is 776. The molecule has 2 amide bonds. The van der Waals surface area contributed by atoms with E-state index in [9.17, 15) is 14.7 Å². The van der Waals surface area contributed by atoms with E-state index in [2.05, 4.69) is 10.6 Å². The zero-order chi connectivity index (χ0) is 19.2. The molecule has 0 heterocycles. The number of amides is 2. The molecule has 2 aromatic carbocycles. The molecular formula is C20H23ClN2O3. The minimum Gasteiger partial charge on any atom is -0.388 e. The average molecular weight is 375 g/mol. The summed E-state index contributed by atoms with van der Waals surface area (Å²) in [6, 6.07) is 14.8. The first-order valence-electron chi connectivity index (χ1n) is 8.38. The minimum atomic E-state index is -1.11. The Balaban J connectivity index is 1.82. The van der Waals surface area contributed by atoms with Crippen LogP contribution >= 0.6 is 11.6 Å². The van der Waals surface area contributed by atoms with E-state index in [1.165, 1.54) is 0 Å². The molecular weight excluding hydrogens is 352 g/mol. The highest BCUT2D eigenvalue weighted by atomic mass is 35.5. The zero-order valence-electron chi connectivity index (χ0n) is 14.9. The highest BCUT2D eigenvalue weighted by molar-refractivity contribution is 6.39. The summed E-state index contributed by atoms with van der Waals surface area (Å²) >= 11 is 6.00. The second-order valence-electron chi connectivity index (χ2n) is 6.58. The van der Waals surface area contributed by atoms with Crippen LogP contribution in [-0.4, -0.2) is 29.1 Å². The maximum absolute atomic E-state index is 12.0. The van der Waals surface area contributed by atoms with Gasteiger partial charge in [0.05, 0.1) is 5.60 Å². The van der Waals surface area contributed by atoms with Crippen molar-refractivity contribution < 1.29 is 14.7 Å². The molecule has 3 N–H and O–H groups in total. The molecule has 0 aliphatic carbocycles. The van der Waals surface area contributed by atoms with Gasteiger partial charge >= 0.3 is 11.8 Å². The summed E-state index contributed by atoms with van der Waals surface area (Å²) in [6.45, 7) is 3.47. The molecule has 0 aliphatic heterocycles. The largest absolute Gasteiger partial charge is 0.388 e. The van der Waals surface area contributed by atoms with Crippen LogP contribution in [0.2, 0.25) is 5.02 Å². The summed E-state index contributed by atoms with van der Waals surface area (Å²) in [4.78, 5) is 23.9. The Morgan fingerprint density at radius 3 is 2.46 bits per heavy atom. The molecule has 138 valence electrons. The molecule has 1 unspecified atom stereocenters. The third-order valence-corrected chi connectivity index (χ3v) is 4.47. The van der Waals surface area contributed by atoms with E-state index >= 15 is 0 Å². The molecule has 2 aromatic rings. The predicted molar refractivity (Wildman–Crippen MR) is 103 cm³/mol. The molecule has 0 aromatic heterocycles. The normalized spacial score (nSPS) is 12.9. The molecule has 0 saturated carbocycles. The lowest BCUT2D eigenvalue weighted by Gasteiger charge is -2.23. The number of nitrogens with one attached hydrogen (secondary N) is 2. The lowest BCUT2D eigenvalue weighted by atomic mass is 9.97. The monoisotopic (exact) mass is 374 g/mol. The van der Waals surface area contributed by atoms with Crippen molar-refractivity contribution in [2.75, 3.05) is 11.9 Å². The molecule has 0 saturated heterocycles. The van der Waals surface area contributed by atoms with Gasteiger partial charge in [-0.25, -0.2) is 0 Å². The molecule has 6 heteroatoms. The summed E-state index contributed by atoms with van der Waals surface area (Å²) in [5.74, 6) is -1.61. The van der Waals surface area contributed by atoms with Gasteiger partial charge < -0.3 is 15.7 Å². The highest BCUT2D eigenvalue weighted by Gasteiger charge is 2.23. The standard InChI is InChI=1S/C20H23ClN2O3/c1-14-8-9-16(12-17(14)21)23-19(25)18(24)22-13-20(2,26)11-10-15-6-4-3-5-7-15/h3-9,12,26H,10-11,13H2,1-2H3,(H,22,24)(H,23,25). The fourth-order valence-corrected chi connectivity index (χ4v) is 2.54. The zero-order valence-corrected chi connectivity index (χ0v) is 15.6. The number of carbonyl (C=O) groups is 2. The number of halogens is 1. The molecule has 0 bridgehead atoms. The topological polar surface area (TPSA) is 78.4 Å². The first-order chi connectivity index (χ1) is 12.3. The van der Waals surface area contributed by atoms with Crippen molar-refractivity contribution in [2.24, 2.45) is 0 Å². The van der Waals surface area contributed by atoms with E-state index in [1.54, 1.807) is 25.1 Å². The fraction of sp³-hybridized carbons (Fsp3) is 0.300. The predicted octanol–water partition coefficient (Wildman–Crippen LogP) is 3.09. The number of rotatable bonds is 6. The molecule has 2 rings (SSSR count). The van der Waals surface area contributed by atoms with Gasteiger partial charge in [-0.3, -0.25) is 9.59 Å². The number of anilines is 1. The van der Waals surface area contributed by atoms with Crippen LogP contribution < -0.4 is 10.6 Å². The summed E-state index contributed by atoms with van der Waals surface area (Å²) in [5.41, 5.74) is 1.31. The van der Waals surface area contributed by atoms with E-state index in [4.69, 9.17) is 11.6 Å². The Kier molecular flexibility index (Phi) is 6.77. The number of carbonyl (C=O) groups excluding carboxylic acids is 2. The van der Waals surface area contributed by atoms with Gasteiger partial charge in [-0.2, -0.15) is 0 Å². The molecule has 0 fully saturated rings. The Morgan fingerprint density at radius 1 is 1.12 bits per heavy atom. The van der Waals surface area contributed by atoms with Gasteiger partial charge in [0, 0.05) is 17.3 Å². The number of hydrogen-bond acceptors (Lipinski definition) is 3. The highest BCUT2D eigenvalue weighted by Crippen LogP contribution is 2.20. The third kappa shape index (κ3) is 6.17. The van der Waals surface area contributed by atoms with Gasteiger partial charge in [-0.05, 0) is 49.9 Å². The van der Waals surface area contributed by atoms with Gasteiger partial charge in [0.2, 0.25) is 0 Å². The second-order valence-corrected chi connectivity index (χ2v) is 6.99. The van der Waals surface area contributed by atoms with Crippen LogP contribution in [0.25, 0.3) is 0 Å². The average Bonchev–Trinajstić information content (AvgIpc) is 2.62. The van der Waals surface area contributed by atoms with E-state index in [1.807, 2.05) is 37.3 Å². The Hall–Kier alpha value is -2.37. The van der Waals surface area contributed by atoms with Gasteiger partial charge in [-0.15, -0.1) is 0 Å². The first kappa shape index (κ1) is 19.9. The number of hydrogen-bond donors (Lipinski definition) is 3. The lowest BCUT2D eigenvalue weighted by Crippen LogP contribution is -2.44.